The number of halogens is 1. The number of hydrogen-bond acceptors (Lipinski definition) is 3. The first-order chi connectivity index (χ1) is 10.0. The number of hydrogen-bond donors (Lipinski definition) is 2. The lowest BCUT2D eigenvalue weighted by Crippen LogP contribution is -2.15. The molecule has 108 valence electrons. The van der Waals surface area contributed by atoms with Crippen LogP contribution in [-0.4, -0.2) is 18.4 Å². The Balaban J connectivity index is 1.84. The Kier molecular flexibility index (Phi) is 3.57. The molecular formula is C14H12ClN3O2S. The van der Waals surface area contributed by atoms with Crippen LogP contribution in [0.3, 0.4) is 0 Å². The highest BCUT2D eigenvalue weighted by Gasteiger charge is 2.14. The molecule has 0 amide bonds. The van der Waals surface area contributed by atoms with Crippen LogP contribution in [0.15, 0.2) is 48.8 Å². The number of imidazole rings is 1. The first-order valence-electron chi connectivity index (χ1n) is 6.20. The average molecular weight is 322 g/mol. The van der Waals surface area contributed by atoms with E-state index in [9.17, 15) is 8.42 Å². The number of rotatable bonds is 4. The van der Waals surface area contributed by atoms with Crippen molar-refractivity contribution in [2.45, 2.75) is 5.75 Å². The monoisotopic (exact) mass is 321 g/mol. The van der Waals surface area contributed by atoms with E-state index in [4.69, 9.17) is 11.6 Å². The summed E-state index contributed by atoms with van der Waals surface area (Å²) in [4.78, 5) is 7.02. The van der Waals surface area contributed by atoms with Crippen molar-refractivity contribution < 1.29 is 8.42 Å². The second kappa shape index (κ2) is 5.38. The predicted octanol–water partition coefficient (Wildman–Crippen LogP) is 3.16. The van der Waals surface area contributed by atoms with Gasteiger partial charge in [-0.15, -0.1) is 0 Å². The summed E-state index contributed by atoms with van der Waals surface area (Å²) in [6.45, 7) is 0. The number of nitrogens with one attached hydrogen (secondary N) is 2. The summed E-state index contributed by atoms with van der Waals surface area (Å²) >= 11 is 5.99. The third-order valence-electron chi connectivity index (χ3n) is 3.00. The molecule has 0 aliphatic carbocycles. The summed E-state index contributed by atoms with van der Waals surface area (Å²) in [6.07, 6.45) is 1.56. The summed E-state index contributed by atoms with van der Waals surface area (Å²) in [5.74, 6) is -0.173. The van der Waals surface area contributed by atoms with Gasteiger partial charge in [-0.05, 0) is 29.8 Å². The van der Waals surface area contributed by atoms with Gasteiger partial charge in [0.25, 0.3) is 0 Å². The Morgan fingerprint density at radius 2 is 2.00 bits per heavy atom. The zero-order valence-corrected chi connectivity index (χ0v) is 12.4. The molecule has 0 radical (unpaired) electrons. The number of anilines is 1. The fourth-order valence-corrected chi connectivity index (χ4v) is 3.54. The van der Waals surface area contributed by atoms with E-state index in [-0.39, 0.29) is 5.75 Å². The number of H-pyrrole nitrogens is 1. The van der Waals surface area contributed by atoms with Gasteiger partial charge in [-0.25, -0.2) is 13.4 Å². The summed E-state index contributed by atoms with van der Waals surface area (Å²) < 4.78 is 26.9. The van der Waals surface area contributed by atoms with Gasteiger partial charge in [0.15, 0.2) is 0 Å². The van der Waals surface area contributed by atoms with Crippen molar-refractivity contribution in [3.05, 3.63) is 59.4 Å². The van der Waals surface area contributed by atoms with Crippen LogP contribution in [0.2, 0.25) is 5.02 Å². The van der Waals surface area contributed by atoms with E-state index < -0.39 is 10.0 Å². The Morgan fingerprint density at radius 1 is 1.19 bits per heavy atom. The van der Waals surface area contributed by atoms with Gasteiger partial charge in [0.1, 0.15) is 0 Å². The molecule has 0 fully saturated rings. The zero-order chi connectivity index (χ0) is 14.9. The number of aromatic nitrogens is 2. The molecule has 2 N–H and O–H groups in total. The van der Waals surface area contributed by atoms with Gasteiger partial charge < -0.3 is 4.98 Å². The maximum absolute atomic E-state index is 12.2. The van der Waals surface area contributed by atoms with Crippen LogP contribution in [-0.2, 0) is 15.8 Å². The molecule has 3 aromatic rings. The molecule has 0 bridgehead atoms. The van der Waals surface area contributed by atoms with Crippen LogP contribution in [0, 0.1) is 0 Å². The first-order valence-corrected chi connectivity index (χ1v) is 8.23. The standard InChI is InChI=1S/C14H12ClN3O2S/c15-12-4-2-1-3-10(12)8-21(19,20)18-11-5-6-13-14(7-11)17-9-16-13/h1-7,9,18H,8H2,(H,16,17). The van der Waals surface area contributed by atoms with Gasteiger partial charge in [-0.2, -0.15) is 0 Å². The van der Waals surface area contributed by atoms with E-state index in [1.165, 1.54) is 0 Å². The van der Waals surface area contributed by atoms with Crippen molar-refractivity contribution in [3.63, 3.8) is 0 Å². The van der Waals surface area contributed by atoms with E-state index in [1.807, 2.05) is 0 Å². The van der Waals surface area contributed by atoms with Gasteiger partial charge in [0.05, 0.1) is 28.8 Å². The molecule has 1 aromatic heterocycles. The SMILES string of the molecule is O=S(=O)(Cc1ccccc1Cl)Nc1ccc2nc[nH]c2c1. The summed E-state index contributed by atoms with van der Waals surface area (Å²) in [6, 6.07) is 12.0. The zero-order valence-electron chi connectivity index (χ0n) is 10.9. The van der Waals surface area contributed by atoms with Crippen LogP contribution < -0.4 is 4.72 Å². The topological polar surface area (TPSA) is 74.8 Å². The van der Waals surface area contributed by atoms with Crippen LogP contribution in [0.1, 0.15) is 5.56 Å². The van der Waals surface area contributed by atoms with Gasteiger partial charge in [0.2, 0.25) is 10.0 Å². The van der Waals surface area contributed by atoms with Gasteiger partial charge in [-0.3, -0.25) is 4.72 Å². The lowest BCUT2D eigenvalue weighted by molar-refractivity contribution is 0.600. The smallest absolute Gasteiger partial charge is 0.236 e. The molecule has 3 rings (SSSR count). The molecule has 0 unspecified atom stereocenters. The van der Waals surface area contributed by atoms with Crippen molar-refractivity contribution in [3.8, 4) is 0 Å². The van der Waals surface area contributed by atoms with Crippen LogP contribution in [0.5, 0.6) is 0 Å². The molecular weight excluding hydrogens is 310 g/mol. The minimum absolute atomic E-state index is 0.173. The molecule has 7 heteroatoms. The highest BCUT2D eigenvalue weighted by Crippen LogP contribution is 2.21. The van der Waals surface area contributed by atoms with Crippen LogP contribution in [0.25, 0.3) is 11.0 Å². The molecule has 0 aliphatic rings. The molecule has 5 nitrogen and oxygen atoms in total. The van der Waals surface area contributed by atoms with E-state index in [0.717, 1.165) is 11.0 Å². The molecule has 0 saturated heterocycles. The number of nitrogens with zero attached hydrogens (tertiary/aromatic N) is 1. The second-order valence-corrected chi connectivity index (χ2v) is 6.72. The van der Waals surface area contributed by atoms with E-state index in [0.29, 0.717) is 16.3 Å². The average Bonchev–Trinajstić information content (AvgIpc) is 2.88. The molecule has 1 heterocycles. The van der Waals surface area contributed by atoms with Crippen molar-refractivity contribution in [1.29, 1.82) is 0 Å². The Morgan fingerprint density at radius 3 is 2.81 bits per heavy atom. The number of fused-ring (bicyclic) bond motifs is 1. The van der Waals surface area contributed by atoms with Crippen LogP contribution in [0.4, 0.5) is 5.69 Å². The van der Waals surface area contributed by atoms with Crippen molar-refractivity contribution in [1.82, 2.24) is 9.97 Å². The largest absolute Gasteiger partial charge is 0.345 e. The van der Waals surface area contributed by atoms with Crippen LogP contribution >= 0.6 is 11.6 Å². The second-order valence-electron chi connectivity index (χ2n) is 4.59. The van der Waals surface area contributed by atoms with Crippen molar-refractivity contribution in [2.24, 2.45) is 0 Å². The molecule has 0 atom stereocenters. The minimum Gasteiger partial charge on any atom is -0.345 e. The Hall–Kier alpha value is -2.05. The third kappa shape index (κ3) is 3.17. The quantitative estimate of drug-likeness (QED) is 0.775. The van der Waals surface area contributed by atoms with Crippen molar-refractivity contribution >= 4 is 38.3 Å². The maximum Gasteiger partial charge on any atom is 0.236 e. The highest BCUT2D eigenvalue weighted by molar-refractivity contribution is 7.91. The molecule has 0 spiro atoms. The lowest BCUT2D eigenvalue weighted by Gasteiger charge is -2.09. The fourth-order valence-electron chi connectivity index (χ4n) is 2.03. The van der Waals surface area contributed by atoms with Gasteiger partial charge in [0, 0.05) is 5.02 Å². The Bertz CT molecular complexity index is 890. The van der Waals surface area contributed by atoms with E-state index in [2.05, 4.69) is 14.7 Å². The van der Waals surface area contributed by atoms with Gasteiger partial charge >= 0.3 is 0 Å². The Labute approximate surface area is 127 Å². The molecule has 2 aromatic carbocycles. The highest BCUT2D eigenvalue weighted by atomic mass is 35.5. The minimum atomic E-state index is -3.53. The molecule has 0 aliphatic heterocycles. The van der Waals surface area contributed by atoms with E-state index >= 15 is 0 Å². The summed E-state index contributed by atoms with van der Waals surface area (Å²) in [7, 11) is -3.53. The summed E-state index contributed by atoms with van der Waals surface area (Å²) in [5.41, 5.74) is 2.60. The van der Waals surface area contributed by atoms with Gasteiger partial charge in [-0.1, -0.05) is 29.8 Å². The predicted molar refractivity (Wildman–Crippen MR) is 83.8 cm³/mol. The van der Waals surface area contributed by atoms with Crippen molar-refractivity contribution in [2.75, 3.05) is 4.72 Å². The lowest BCUT2D eigenvalue weighted by atomic mass is 10.2. The normalized spacial score (nSPS) is 11.7. The number of sulfonamides is 1. The molecule has 0 saturated carbocycles. The fraction of sp³-hybridized carbons (Fsp3) is 0.0714. The number of benzene rings is 2. The summed E-state index contributed by atoms with van der Waals surface area (Å²) in [5, 5.41) is 0.437. The first kappa shape index (κ1) is 13.9. The molecule has 21 heavy (non-hydrogen) atoms. The van der Waals surface area contributed by atoms with E-state index in [1.54, 1.807) is 48.8 Å². The maximum atomic E-state index is 12.2. The third-order valence-corrected chi connectivity index (χ3v) is 4.60. The number of aromatic amines is 1.